The second-order valence-electron chi connectivity index (χ2n) is 11.2. The number of hydrogen-bond donors (Lipinski definition) is 3. The van der Waals surface area contributed by atoms with Crippen molar-refractivity contribution in [2.75, 3.05) is 6.54 Å². The molecule has 1 heterocycles. The van der Waals surface area contributed by atoms with Gasteiger partial charge < -0.3 is 25.2 Å². The lowest BCUT2D eigenvalue weighted by molar-refractivity contribution is -0.120. The number of rotatable bonds is 10. The van der Waals surface area contributed by atoms with Gasteiger partial charge in [0.1, 0.15) is 34.3 Å². The van der Waals surface area contributed by atoms with Crippen molar-refractivity contribution < 1.29 is 28.2 Å². The number of carbonyl (C=O) groups excluding carboxylic acids is 1. The molecule has 0 aromatic heterocycles. The second kappa shape index (κ2) is 11.8. The van der Waals surface area contributed by atoms with Crippen LogP contribution < -0.4 is 20.1 Å². The summed E-state index contributed by atoms with van der Waals surface area (Å²) in [6, 6.07) is 8.14. The number of halogens is 2. The smallest absolute Gasteiger partial charge is 0.217 e. The lowest BCUT2D eigenvalue weighted by Crippen LogP contribution is -2.50. The first-order valence-corrected chi connectivity index (χ1v) is 12.9. The van der Waals surface area contributed by atoms with Gasteiger partial charge in [0.25, 0.3) is 0 Å². The number of amides is 1. The number of hydrogen-bond acceptors (Lipinski definition) is 5. The summed E-state index contributed by atoms with van der Waals surface area (Å²) in [5, 5.41) is 17.2. The van der Waals surface area contributed by atoms with Gasteiger partial charge in [-0.05, 0) is 76.4 Å². The summed E-state index contributed by atoms with van der Waals surface area (Å²) in [7, 11) is 0. The molecule has 37 heavy (non-hydrogen) atoms. The maximum Gasteiger partial charge on any atom is 0.217 e. The molecule has 0 bridgehead atoms. The molecule has 1 amide bonds. The average molecular weight is 519 g/mol. The maximum absolute atomic E-state index is 13.7. The predicted octanol–water partition coefficient (Wildman–Crippen LogP) is 5.22. The Morgan fingerprint density at radius 3 is 2.49 bits per heavy atom. The van der Waals surface area contributed by atoms with Crippen LogP contribution in [0.15, 0.2) is 36.4 Å². The first-order valence-electron chi connectivity index (χ1n) is 12.9. The topological polar surface area (TPSA) is 79.8 Å². The highest BCUT2D eigenvalue weighted by Crippen LogP contribution is 2.43. The summed E-state index contributed by atoms with van der Waals surface area (Å²) < 4.78 is 39.9. The summed E-state index contributed by atoms with van der Waals surface area (Å²) >= 11 is 0. The number of aliphatic hydroxyl groups is 1. The van der Waals surface area contributed by atoms with Crippen LogP contribution in [0.1, 0.15) is 78.0 Å². The molecule has 2 aromatic carbocycles. The molecule has 1 aliphatic rings. The molecule has 0 saturated carbocycles. The lowest BCUT2D eigenvalue weighted by Gasteiger charge is -2.41. The normalized spacial score (nSPS) is 20.9. The Balaban J connectivity index is 1.81. The first kappa shape index (κ1) is 28.9. The molecule has 0 unspecified atom stereocenters. The number of fused-ring (bicyclic) bond motifs is 1. The summed E-state index contributed by atoms with van der Waals surface area (Å²) in [5.74, 6) is -0.246. The summed E-state index contributed by atoms with van der Waals surface area (Å²) in [6.45, 7) is 11.7. The zero-order chi connectivity index (χ0) is 27.4. The molecule has 3 N–H and O–H groups in total. The van der Waals surface area contributed by atoms with Crippen molar-refractivity contribution in [3.05, 3.63) is 59.2 Å². The molecular weight excluding hydrogens is 478 g/mol. The largest absolute Gasteiger partial charge is 0.488 e. The van der Waals surface area contributed by atoms with Gasteiger partial charge in [0.2, 0.25) is 5.91 Å². The third kappa shape index (κ3) is 8.40. The van der Waals surface area contributed by atoms with E-state index in [1.165, 1.54) is 19.1 Å². The van der Waals surface area contributed by atoms with Crippen LogP contribution in [0.5, 0.6) is 11.5 Å². The van der Waals surface area contributed by atoms with E-state index in [0.717, 1.165) is 36.0 Å². The van der Waals surface area contributed by atoms with E-state index in [1.54, 1.807) is 0 Å². The average Bonchev–Trinajstić information content (AvgIpc) is 2.75. The second-order valence-corrected chi connectivity index (χ2v) is 11.2. The van der Waals surface area contributed by atoms with Crippen LogP contribution in [0.3, 0.4) is 0 Å². The van der Waals surface area contributed by atoms with Gasteiger partial charge in [-0.3, -0.25) is 4.79 Å². The Bertz CT molecular complexity index is 1070. The third-order valence-electron chi connectivity index (χ3n) is 6.36. The first-order chi connectivity index (χ1) is 17.3. The fourth-order valence-electron chi connectivity index (χ4n) is 4.95. The fourth-order valence-corrected chi connectivity index (χ4v) is 4.95. The third-order valence-corrected chi connectivity index (χ3v) is 6.36. The van der Waals surface area contributed by atoms with Crippen LogP contribution in [0, 0.1) is 11.6 Å². The van der Waals surface area contributed by atoms with Crippen molar-refractivity contribution in [1.82, 2.24) is 10.6 Å². The highest BCUT2D eigenvalue weighted by Gasteiger charge is 2.37. The van der Waals surface area contributed by atoms with Crippen molar-refractivity contribution >= 4 is 5.91 Å². The zero-order valence-electron chi connectivity index (χ0n) is 22.7. The van der Waals surface area contributed by atoms with E-state index in [0.29, 0.717) is 12.0 Å². The van der Waals surface area contributed by atoms with Crippen LogP contribution >= 0.6 is 0 Å². The Kier molecular flexibility index (Phi) is 9.18. The fraction of sp³-hybridized carbons (Fsp3) is 0.552. The molecule has 3 rings (SSSR count). The lowest BCUT2D eigenvalue weighted by atomic mass is 9.85. The van der Waals surface area contributed by atoms with Crippen molar-refractivity contribution in [3.8, 4) is 11.5 Å². The minimum absolute atomic E-state index is 0.0819. The maximum atomic E-state index is 13.7. The Labute approximate surface area is 218 Å². The van der Waals surface area contributed by atoms with E-state index in [4.69, 9.17) is 9.47 Å². The van der Waals surface area contributed by atoms with Gasteiger partial charge >= 0.3 is 0 Å². The van der Waals surface area contributed by atoms with Crippen LogP contribution in [-0.2, 0) is 11.2 Å². The van der Waals surface area contributed by atoms with Gasteiger partial charge in [-0.25, -0.2) is 8.78 Å². The number of nitrogens with one attached hydrogen (secondary N) is 2. The van der Waals surface area contributed by atoms with E-state index in [9.17, 15) is 18.7 Å². The summed E-state index contributed by atoms with van der Waals surface area (Å²) in [6.07, 6.45) is 1.58. The Hall–Kier alpha value is -2.71. The highest BCUT2D eigenvalue weighted by molar-refractivity contribution is 5.73. The van der Waals surface area contributed by atoms with Crippen LogP contribution in [0.4, 0.5) is 8.78 Å². The molecule has 0 saturated heterocycles. The standard InChI is InChI=1S/C29H40F2N2O4/c1-7-10-29(6)16-25(23-15-22(36-28(3,4)5)8-9-27(23)37-29)32-17-26(35)24(33-18(2)34)13-19-11-20(30)14-21(31)12-19/h8-9,11-12,14-15,24-26,32,35H,7,10,13,16-17H2,1-6H3,(H,33,34)/t24-,25-,26+,29-/m0/s1. The van der Waals surface area contributed by atoms with Gasteiger partial charge in [0, 0.05) is 37.6 Å². The summed E-state index contributed by atoms with van der Waals surface area (Å²) in [4.78, 5) is 11.8. The van der Waals surface area contributed by atoms with E-state index >= 15 is 0 Å². The predicted molar refractivity (Wildman–Crippen MR) is 140 cm³/mol. The van der Waals surface area contributed by atoms with Gasteiger partial charge in [-0.1, -0.05) is 13.3 Å². The van der Waals surface area contributed by atoms with E-state index < -0.39 is 23.8 Å². The van der Waals surface area contributed by atoms with Crippen LogP contribution in [-0.4, -0.2) is 40.9 Å². The molecule has 0 fully saturated rings. The van der Waals surface area contributed by atoms with E-state index in [2.05, 4.69) is 24.5 Å². The van der Waals surface area contributed by atoms with Gasteiger partial charge in [-0.2, -0.15) is 0 Å². The van der Waals surface area contributed by atoms with Crippen molar-refractivity contribution in [2.24, 2.45) is 0 Å². The molecule has 0 aliphatic carbocycles. The quantitative estimate of drug-likeness (QED) is 0.402. The molecule has 4 atom stereocenters. The summed E-state index contributed by atoms with van der Waals surface area (Å²) in [5.41, 5.74) is 0.547. The molecular formula is C29H40F2N2O4. The molecule has 2 aromatic rings. The molecule has 6 nitrogen and oxygen atoms in total. The molecule has 0 spiro atoms. The number of carbonyl (C=O) groups is 1. The zero-order valence-corrected chi connectivity index (χ0v) is 22.7. The van der Waals surface area contributed by atoms with E-state index in [-0.39, 0.29) is 36.1 Å². The number of aliphatic hydroxyl groups excluding tert-OH is 1. The van der Waals surface area contributed by atoms with Crippen molar-refractivity contribution in [2.45, 2.75) is 96.6 Å². The monoisotopic (exact) mass is 518 g/mol. The Morgan fingerprint density at radius 2 is 1.89 bits per heavy atom. The molecule has 1 aliphatic heterocycles. The SMILES string of the molecule is CCC[C@@]1(C)C[C@H](NC[C@@H](O)[C@H](Cc2cc(F)cc(F)c2)NC(C)=O)c2cc(OC(C)(C)C)ccc2O1. The van der Waals surface area contributed by atoms with Gasteiger partial charge in [0.15, 0.2) is 0 Å². The minimum atomic E-state index is -1.01. The Morgan fingerprint density at radius 1 is 1.22 bits per heavy atom. The highest BCUT2D eigenvalue weighted by atomic mass is 19.1. The van der Waals surface area contributed by atoms with Crippen LogP contribution in [0.2, 0.25) is 0 Å². The van der Waals surface area contributed by atoms with Crippen LogP contribution in [0.25, 0.3) is 0 Å². The molecule has 204 valence electrons. The number of benzene rings is 2. The van der Waals surface area contributed by atoms with Crippen molar-refractivity contribution in [3.63, 3.8) is 0 Å². The van der Waals surface area contributed by atoms with Crippen molar-refractivity contribution in [1.29, 1.82) is 0 Å². The minimum Gasteiger partial charge on any atom is -0.488 e. The van der Waals surface area contributed by atoms with Gasteiger partial charge in [-0.15, -0.1) is 0 Å². The van der Waals surface area contributed by atoms with Gasteiger partial charge in [0.05, 0.1) is 12.1 Å². The van der Waals surface area contributed by atoms with E-state index in [1.807, 2.05) is 39.0 Å². The number of ether oxygens (including phenoxy) is 2. The molecule has 8 heteroatoms. The molecule has 0 radical (unpaired) electrons.